The molecule has 8 heteroatoms. The van der Waals surface area contributed by atoms with E-state index in [1.807, 2.05) is 25.1 Å². The molecule has 1 aromatic rings. The predicted octanol–water partition coefficient (Wildman–Crippen LogP) is 2.74. The summed E-state index contributed by atoms with van der Waals surface area (Å²) in [4.78, 5) is 22.7. The Labute approximate surface area is 149 Å². The molecule has 0 bridgehead atoms. The van der Waals surface area contributed by atoms with Crippen molar-refractivity contribution in [1.29, 1.82) is 5.26 Å². The Bertz CT molecular complexity index is 863. The van der Waals surface area contributed by atoms with Crippen LogP contribution in [-0.2, 0) is 9.53 Å². The molecular weight excluding hydrogens is 340 g/mol. The quantitative estimate of drug-likeness (QED) is 0.461. The molecule has 3 rings (SSSR count). The third-order valence-electron chi connectivity index (χ3n) is 3.37. The highest BCUT2D eigenvalue weighted by Gasteiger charge is 2.41. The molecule has 126 valence electrons. The summed E-state index contributed by atoms with van der Waals surface area (Å²) in [5.74, 6) is 0.645. The predicted molar refractivity (Wildman–Crippen MR) is 95.6 cm³/mol. The lowest BCUT2D eigenvalue weighted by molar-refractivity contribution is -0.121. The maximum Gasteiger partial charge on any atom is 0.284 e. The van der Waals surface area contributed by atoms with Gasteiger partial charge in [0.1, 0.15) is 22.4 Å². The van der Waals surface area contributed by atoms with Gasteiger partial charge in [0.05, 0.1) is 13.7 Å². The molecule has 0 aromatic heterocycles. The van der Waals surface area contributed by atoms with Crippen LogP contribution < -0.4 is 4.74 Å². The van der Waals surface area contributed by atoms with Crippen LogP contribution in [0.5, 0.6) is 5.75 Å². The lowest BCUT2D eigenvalue weighted by Crippen LogP contribution is -2.25. The summed E-state index contributed by atoms with van der Waals surface area (Å²) in [5.41, 5.74) is 1.11. The van der Waals surface area contributed by atoms with Gasteiger partial charge in [0.25, 0.3) is 5.91 Å². The van der Waals surface area contributed by atoms with Crippen molar-refractivity contribution in [3.63, 3.8) is 0 Å². The van der Waals surface area contributed by atoms with Crippen LogP contribution >= 0.6 is 11.8 Å². The molecule has 2 aliphatic rings. The number of rotatable bonds is 5. The monoisotopic (exact) mass is 354 g/mol. The zero-order valence-electron chi connectivity index (χ0n) is 13.6. The van der Waals surface area contributed by atoms with Gasteiger partial charge in [0.15, 0.2) is 17.4 Å². The zero-order valence-corrected chi connectivity index (χ0v) is 14.4. The number of carbonyl (C=O) groups is 1. The molecule has 1 aromatic carbocycles. The van der Waals surface area contributed by atoms with Crippen LogP contribution in [0.15, 0.2) is 50.7 Å². The Morgan fingerprint density at radius 1 is 1.40 bits per heavy atom. The molecule has 2 aliphatic heterocycles. The van der Waals surface area contributed by atoms with Crippen LogP contribution in [-0.4, -0.2) is 36.1 Å². The Morgan fingerprint density at radius 2 is 2.16 bits per heavy atom. The number of methoxy groups -OCH3 is 1. The van der Waals surface area contributed by atoms with Gasteiger partial charge in [-0.1, -0.05) is 12.1 Å². The standard InChI is InChI=1S/C17H14N4O3S/c1-3-24-10-19-15-14(9-18)25-17-20-13(16(22)21(15)17)8-11-4-6-12(23-2)7-5-11/h4-8,10H,3H2,1-2H3/b13-8+,19-10?. The van der Waals surface area contributed by atoms with Gasteiger partial charge in [-0.2, -0.15) is 5.26 Å². The molecule has 0 N–H and O–H groups in total. The Balaban J connectivity index is 1.87. The normalized spacial score (nSPS) is 18.0. The fraction of sp³-hybridized carbons (Fsp3) is 0.176. The third-order valence-corrected chi connectivity index (χ3v) is 4.31. The van der Waals surface area contributed by atoms with E-state index < -0.39 is 0 Å². The zero-order chi connectivity index (χ0) is 17.8. The molecule has 0 saturated carbocycles. The average Bonchev–Trinajstić information content (AvgIpc) is 3.13. The minimum Gasteiger partial charge on any atom is -0.497 e. The van der Waals surface area contributed by atoms with Gasteiger partial charge in [-0.05, 0) is 42.5 Å². The lowest BCUT2D eigenvalue weighted by Gasteiger charge is -2.09. The van der Waals surface area contributed by atoms with E-state index in [1.165, 1.54) is 11.3 Å². The molecule has 2 heterocycles. The molecule has 0 aliphatic carbocycles. The summed E-state index contributed by atoms with van der Waals surface area (Å²) in [6, 6.07) is 9.31. The average molecular weight is 354 g/mol. The molecule has 0 unspecified atom stereocenters. The van der Waals surface area contributed by atoms with Crippen molar-refractivity contribution in [2.24, 2.45) is 9.98 Å². The van der Waals surface area contributed by atoms with Crippen molar-refractivity contribution in [2.45, 2.75) is 6.92 Å². The maximum absolute atomic E-state index is 12.7. The minimum atomic E-state index is -0.327. The topological polar surface area (TPSA) is 87.3 Å². The van der Waals surface area contributed by atoms with Crippen LogP contribution in [0.25, 0.3) is 6.08 Å². The number of fused-ring (bicyclic) bond motifs is 1. The van der Waals surface area contributed by atoms with Crippen LogP contribution in [0.3, 0.4) is 0 Å². The summed E-state index contributed by atoms with van der Waals surface area (Å²) >= 11 is 1.11. The van der Waals surface area contributed by atoms with E-state index in [2.05, 4.69) is 9.98 Å². The number of thioether (sulfide) groups is 1. The van der Waals surface area contributed by atoms with E-state index in [9.17, 15) is 10.1 Å². The van der Waals surface area contributed by atoms with Crippen LogP contribution in [0.2, 0.25) is 0 Å². The number of nitriles is 1. The number of hydrogen-bond acceptors (Lipinski definition) is 7. The van der Waals surface area contributed by atoms with Crippen molar-refractivity contribution >= 4 is 35.3 Å². The fourth-order valence-electron chi connectivity index (χ4n) is 2.20. The summed E-state index contributed by atoms with van der Waals surface area (Å²) in [6.45, 7) is 2.27. The first kappa shape index (κ1) is 16.8. The first-order valence-corrected chi connectivity index (χ1v) is 8.24. The summed E-state index contributed by atoms with van der Waals surface area (Å²) in [6.07, 6.45) is 2.91. The first-order valence-electron chi connectivity index (χ1n) is 7.43. The van der Waals surface area contributed by atoms with Gasteiger partial charge in [0.2, 0.25) is 0 Å². The number of nitrogens with zero attached hydrogens (tertiary/aromatic N) is 4. The van der Waals surface area contributed by atoms with Gasteiger partial charge >= 0.3 is 0 Å². The Morgan fingerprint density at radius 3 is 2.80 bits per heavy atom. The number of ether oxygens (including phenoxy) is 2. The summed E-state index contributed by atoms with van der Waals surface area (Å²) in [7, 11) is 1.59. The lowest BCUT2D eigenvalue weighted by atomic mass is 10.2. The van der Waals surface area contributed by atoms with E-state index in [-0.39, 0.29) is 17.4 Å². The molecule has 1 amide bonds. The maximum atomic E-state index is 12.7. The third kappa shape index (κ3) is 3.27. The number of aliphatic imine (C=N–C) groups is 2. The highest BCUT2D eigenvalue weighted by Crippen LogP contribution is 2.39. The second-order valence-electron chi connectivity index (χ2n) is 4.89. The Hall–Kier alpha value is -3.05. The summed E-state index contributed by atoms with van der Waals surface area (Å²) in [5, 5.41) is 9.64. The molecule has 0 saturated heterocycles. The van der Waals surface area contributed by atoms with Gasteiger partial charge < -0.3 is 9.47 Å². The highest BCUT2D eigenvalue weighted by atomic mass is 32.2. The van der Waals surface area contributed by atoms with Gasteiger partial charge in [-0.3, -0.25) is 4.79 Å². The van der Waals surface area contributed by atoms with E-state index >= 15 is 0 Å². The molecule has 25 heavy (non-hydrogen) atoms. The minimum absolute atomic E-state index is 0.239. The van der Waals surface area contributed by atoms with Crippen molar-refractivity contribution in [2.75, 3.05) is 13.7 Å². The molecule has 0 fully saturated rings. The van der Waals surface area contributed by atoms with E-state index in [1.54, 1.807) is 25.3 Å². The van der Waals surface area contributed by atoms with Crippen molar-refractivity contribution in [1.82, 2.24) is 4.90 Å². The van der Waals surface area contributed by atoms with Gasteiger partial charge in [-0.25, -0.2) is 14.9 Å². The number of allylic oxidation sites excluding steroid dienone is 1. The van der Waals surface area contributed by atoms with Crippen LogP contribution in [0.4, 0.5) is 0 Å². The molecule has 7 nitrogen and oxygen atoms in total. The molecule has 0 spiro atoms. The highest BCUT2D eigenvalue weighted by molar-refractivity contribution is 8.17. The van der Waals surface area contributed by atoms with E-state index in [0.717, 1.165) is 23.1 Å². The summed E-state index contributed by atoms with van der Waals surface area (Å²) < 4.78 is 10.2. The van der Waals surface area contributed by atoms with Crippen molar-refractivity contribution < 1.29 is 14.3 Å². The van der Waals surface area contributed by atoms with Crippen LogP contribution in [0, 0.1) is 11.3 Å². The van der Waals surface area contributed by atoms with E-state index in [0.29, 0.717) is 16.7 Å². The smallest absolute Gasteiger partial charge is 0.284 e. The molecule has 0 radical (unpaired) electrons. The van der Waals surface area contributed by atoms with Crippen molar-refractivity contribution in [3.8, 4) is 11.8 Å². The number of benzene rings is 1. The molecule has 0 atom stereocenters. The second-order valence-corrected chi connectivity index (χ2v) is 5.87. The van der Waals surface area contributed by atoms with E-state index in [4.69, 9.17) is 9.47 Å². The van der Waals surface area contributed by atoms with Gasteiger partial charge in [0, 0.05) is 0 Å². The van der Waals surface area contributed by atoms with Crippen LogP contribution in [0.1, 0.15) is 12.5 Å². The first-order chi connectivity index (χ1) is 12.2. The largest absolute Gasteiger partial charge is 0.497 e. The van der Waals surface area contributed by atoms with Gasteiger partial charge in [-0.15, -0.1) is 0 Å². The fourth-order valence-corrected chi connectivity index (χ4v) is 3.07. The number of hydrogen-bond donors (Lipinski definition) is 0. The number of carbonyl (C=O) groups excluding carboxylic acids is 1. The number of amidine groups is 1. The number of amides is 1. The molecular formula is C17H14N4O3S. The second kappa shape index (κ2) is 7.23. The SMILES string of the molecule is CCOC=NC1=C(C#N)SC2=N/C(=C/c3ccc(OC)cc3)C(=O)N21. The van der Waals surface area contributed by atoms with Crippen molar-refractivity contribution in [3.05, 3.63) is 46.3 Å². The Kier molecular flexibility index (Phi) is 4.86.